The van der Waals surface area contributed by atoms with Crippen LogP contribution in [0.15, 0.2) is 41.6 Å². The van der Waals surface area contributed by atoms with E-state index in [0.29, 0.717) is 6.54 Å². The molecule has 0 saturated heterocycles. The second kappa shape index (κ2) is 6.10. The van der Waals surface area contributed by atoms with E-state index in [9.17, 15) is 8.42 Å². The first-order valence-corrected chi connectivity index (χ1v) is 8.65. The summed E-state index contributed by atoms with van der Waals surface area (Å²) < 4.78 is 29.9. The molecular weight excluding hydrogens is 330 g/mol. The number of rotatable bonds is 5. The number of primary sulfonamides is 1. The highest BCUT2D eigenvalue weighted by Gasteiger charge is 2.15. The zero-order valence-corrected chi connectivity index (χ0v) is 14.0. The minimum Gasteiger partial charge on any atom is -0.495 e. The van der Waals surface area contributed by atoms with Crippen molar-refractivity contribution in [3.05, 3.63) is 42.2 Å². The number of sulfonamides is 1. The van der Waals surface area contributed by atoms with Crippen LogP contribution in [0.1, 0.15) is 5.56 Å². The third-order valence-electron chi connectivity index (χ3n) is 3.65. The maximum absolute atomic E-state index is 11.5. The van der Waals surface area contributed by atoms with Crippen LogP contribution in [0.3, 0.4) is 0 Å². The van der Waals surface area contributed by atoms with Crippen molar-refractivity contribution < 1.29 is 13.2 Å². The molecule has 1 aromatic carbocycles. The van der Waals surface area contributed by atoms with Crippen molar-refractivity contribution >= 4 is 26.7 Å². The first kappa shape index (κ1) is 16.2. The van der Waals surface area contributed by atoms with E-state index >= 15 is 0 Å². The van der Waals surface area contributed by atoms with Gasteiger partial charge in [-0.05, 0) is 23.8 Å². The number of nitrogens with one attached hydrogen (secondary N) is 1. The lowest BCUT2D eigenvalue weighted by atomic mass is 10.2. The molecule has 0 bridgehead atoms. The van der Waals surface area contributed by atoms with Gasteiger partial charge in [-0.2, -0.15) is 5.10 Å². The number of hydrogen-bond acceptors (Lipinski definition) is 6. The summed E-state index contributed by atoms with van der Waals surface area (Å²) in [4.78, 5) is 4.25. The monoisotopic (exact) mass is 347 g/mol. The van der Waals surface area contributed by atoms with Gasteiger partial charge in [-0.25, -0.2) is 18.5 Å². The van der Waals surface area contributed by atoms with Crippen molar-refractivity contribution in [2.24, 2.45) is 12.2 Å². The van der Waals surface area contributed by atoms with Gasteiger partial charge in [0.05, 0.1) is 18.7 Å². The Morgan fingerprint density at radius 2 is 2.12 bits per heavy atom. The van der Waals surface area contributed by atoms with Crippen LogP contribution >= 0.6 is 0 Å². The molecule has 3 N–H and O–H groups in total. The minimum atomic E-state index is -3.82. The Morgan fingerprint density at radius 3 is 2.83 bits per heavy atom. The number of fused-ring (bicyclic) bond motifs is 1. The number of pyridine rings is 1. The fourth-order valence-electron chi connectivity index (χ4n) is 2.45. The summed E-state index contributed by atoms with van der Waals surface area (Å²) in [6, 6.07) is 6.64. The van der Waals surface area contributed by atoms with Gasteiger partial charge in [0.15, 0.2) is 5.65 Å². The second-order valence-corrected chi connectivity index (χ2v) is 6.78. The van der Waals surface area contributed by atoms with Gasteiger partial charge < -0.3 is 10.1 Å². The zero-order valence-electron chi connectivity index (χ0n) is 13.2. The number of aryl methyl sites for hydroxylation is 1. The van der Waals surface area contributed by atoms with E-state index in [2.05, 4.69) is 15.4 Å². The molecule has 0 aliphatic heterocycles. The van der Waals surface area contributed by atoms with Crippen LogP contribution in [0.2, 0.25) is 0 Å². The van der Waals surface area contributed by atoms with Gasteiger partial charge >= 0.3 is 0 Å². The molecule has 0 unspecified atom stereocenters. The van der Waals surface area contributed by atoms with E-state index < -0.39 is 10.0 Å². The van der Waals surface area contributed by atoms with Crippen molar-refractivity contribution in [2.45, 2.75) is 11.4 Å². The van der Waals surface area contributed by atoms with Crippen molar-refractivity contribution in [1.82, 2.24) is 14.8 Å². The number of anilines is 1. The summed E-state index contributed by atoms with van der Waals surface area (Å²) in [5.41, 5.74) is 2.53. The Bertz CT molecular complexity index is 998. The molecule has 8 nitrogen and oxygen atoms in total. The summed E-state index contributed by atoms with van der Waals surface area (Å²) >= 11 is 0. The topological polar surface area (TPSA) is 112 Å². The highest BCUT2D eigenvalue weighted by atomic mass is 32.2. The average molecular weight is 347 g/mol. The molecular formula is C15H17N5O3S. The van der Waals surface area contributed by atoms with Crippen LogP contribution < -0.4 is 15.2 Å². The number of nitrogens with zero attached hydrogens (tertiary/aromatic N) is 3. The van der Waals surface area contributed by atoms with E-state index in [1.807, 2.05) is 13.1 Å². The lowest BCUT2D eigenvalue weighted by molar-refractivity contribution is 0.402. The quantitative estimate of drug-likeness (QED) is 0.718. The molecule has 0 radical (unpaired) electrons. The largest absolute Gasteiger partial charge is 0.495 e. The number of nitrogens with two attached hydrogens (primary N) is 1. The lowest BCUT2D eigenvalue weighted by Crippen LogP contribution is -2.13. The maximum Gasteiger partial charge on any atom is 0.241 e. The van der Waals surface area contributed by atoms with E-state index in [-0.39, 0.29) is 10.6 Å². The van der Waals surface area contributed by atoms with Crippen LogP contribution in [0.4, 0.5) is 5.69 Å². The van der Waals surface area contributed by atoms with Crippen molar-refractivity contribution in [2.75, 3.05) is 12.4 Å². The molecule has 0 amide bonds. The number of methoxy groups -OCH3 is 1. The molecule has 126 valence electrons. The molecule has 2 aromatic heterocycles. The predicted octanol–water partition coefficient (Wildman–Crippen LogP) is 1.24. The number of aromatic nitrogens is 3. The van der Waals surface area contributed by atoms with Crippen molar-refractivity contribution in [3.8, 4) is 5.75 Å². The van der Waals surface area contributed by atoms with Crippen LogP contribution in [0.5, 0.6) is 5.75 Å². The Hall–Kier alpha value is -2.65. The molecule has 3 aromatic rings. The smallest absolute Gasteiger partial charge is 0.241 e. The van der Waals surface area contributed by atoms with Gasteiger partial charge in [0.1, 0.15) is 10.6 Å². The summed E-state index contributed by atoms with van der Waals surface area (Å²) in [6.07, 6.45) is 3.45. The molecule has 0 spiro atoms. The van der Waals surface area contributed by atoms with E-state index in [1.165, 1.54) is 13.2 Å². The van der Waals surface area contributed by atoms with Gasteiger partial charge in [-0.3, -0.25) is 4.68 Å². The standard InChI is InChI=1S/C15H17N5O3S/c1-20-15-11(9-19-20)12(5-6-17-15)18-8-10-3-4-14(24(16,21)22)13(7-10)23-2/h3-7,9H,8H2,1-2H3,(H,17,18)(H2,16,21,22). The molecule has 0 saturated carbocycles. The highest BCUT2D eigenvalue weighted by Crippen LogP contribution is 2.25. The van der Waals surface area contributed by atoms with E-state index in [0.717, 1.165) is 22.3 Å². The maximum atomic E-state index is 11.5. The molecule has 9 heteroatoms. The first-order chi connectivity index (χ1) is 11.4. The summed E-state index contributed by atoms with van der Waals surface area (Å²) in [5.74, 6) is 0.220. The average Bonchev–Trinajstić information content (AvgIpc) is 2.93. The Labute approximate surface area is 139 Å². The first-order valence-electron chi connectivity index (χ1n) is 7.10. The second-order valence-electron chi connectivity index (χ2n) is 5.25. The van der Waals surface area contributed by atoms with Crippen LogP contribution in [-0.4, -0.2) is 30.3 Å². The summed E-state index contributed by atoms with van der Waals surface area (Å²) in [6.45, 7) is 0.481. The lowest BCUT2D eigenvalue weighted by Gasteiger charge is -2.11. The van der Waals surface area contributed by atoms with Crippen LogP contribution in [-0.2, 0) is 23.6 Å². The molecule has 2 heterocycles. The normalized spacial score (nSPS) is 11.6. The minimum absolute atomic E-state index is 0.0349. The van der Waals surface area contributed by atoms with E-state index in [1.54, 1.807) is 29.2 Å². The Balaban J connectivity index is 1.86. The fourth-order valence-corrected chi connectivity index (χ4v) is 3.14. The molecule has 0 atom stereocenters. The molecule has 0 aliphatic rings. The number of benzene rings is 1. The van der Waals surface area contributed by atoms with Gasteiger partial charge in [-0.15, -0.1) is 0 Å². The SMILES string of the molecule is COc1cc(CNc2ccnc3c2cnn3C)ccc1S(N)(=O)=O. The predicted molar refractivity (Wildman–Crippen MR) is 90.2 cm³/mol. The summed E-state index contributed by atoms with van der Waals surface area (Å²) in [5, 5.41) is 13.6. The summed E-state index contributed by atoms with van der Waals surface area (Å²) in [7, 11) is -0.585. The fraction of sp³-hybridized carbons (Fsp3) is 0.200. The third-order valence-corrected chi connectivity index (χ3v) is 4.60. The van der Waals surface area contributed by atoms with Gasteiger partial charge in [0.25, 0.3) is 0 Å². The Kier molecular flexibility index (Phi) is 4.12. The van der Waals surface area contributed by atoms with E-state index in [4.69, 9.17) is 9.88 Å². The van der Waals surface area contributed by atoms with Gasteiger partial charge in [0, 0.05) is 25.5 Å². The van der Waals surface area contributed by atoms with Gasteiger partial charge in [-0.1, -0.05) is 6.07 Å². The van der Waals surface area contributed by atoms with Crippen molar-refractivity contribution in [3.63, 3.8) is 0 Å². The highest BCUT2D eigenvalue weighted by molar-refractivity contribution is 7.89. The molecule has 0 aliphatic carbocycles. The molecule has 0 fully saturated rings. The third kappa shape index (κ3) is 3.03. The number of ether oxygens (including phenoxy) is 1. The number of hydrogen-bond donors (Lipinski definition) is 2. The molecule has 3 rings (SSSR count). The van der Waals surface area contributed by atoms with Crippen LogP contribution in [0, 0.1) is 0 Å². The zero-order chi connectivity index (χ0) is 17.3. The Morgan fingerprint density at radius 1 is 1.33 bits per heavy atom. The van der Waals surface area contributed by atoms with Crippen molar-refractivity contribution in [1.29, 1.82) is 0 Å². The molecule has 24 heavy (non-hydrogen) atoms. The van der Waals surface area contributed by atoms with Gasteiger partial charge in [0.2, 0.25) is 10.0 Å². The van der Waals surface area contributed by atoms with Crippen LogP contribution in [0.25, 0.3) is 11.0 Å².